The number of carbonyl (C=O) groups is 2. The molecule has 40 heavy (non-hydrogen) atoms. The van der Waals surface area contributed by atoms with Gasteiger partial charge < -0.3 is 10.0 Å². The Morgan fingerprint density at radius 2 is 1.35 bits per heavy atom. The van der Waals surface area contributed by atoms with E-state index in [-0.39, 0.29) is 17.0 Å². The van der Waals surface area contributed by atoms with Gasteiger partial charge in [-0.15, -0.1) is 0 Å². The molecule has 1 heterocycles. The molecule has 0 spiro atoms. The number of unbranched alkanes of at least 4 members (excludes halogenated alkanes) is 13. The van der Waals surface area contributed by atoms with Crippen molar-refractivity contribution >= 4 is 23.1 Å². The van der Waals surface area contributed by atoms with Crippen molar-refractivity contribution < 1.29 is 19.6 Å². The van der Waals surface area contributed by atoms with Crippen molar-refractivity contribution in [3.63, 3.8) is 0 Å². The van der Waals surface area contributed by atoms with E-state index < -0.39 is 22.7 Å². The molecule has 1 atom stereocenters. The molecule has 0 saturated carbocycles. The highest BCUT2D eigenvalue weighted by Gasteiger charge is 2.46. The van der Waals surface area contributed by atoms with Crippen molar-refractivity contribution in [1.82, 2.24) is 4.90 Å². The number of likely N-dealkylation sites (tertiary alicyclic amines) is 1. The zero-order valence-electron chi connectivity index (χ0n) is 23.9. The summed E-state index contributed by atoms with van der Waals surface area (Å²) in [6, 6.07) is 13.7. The molecule has 0 aliphatic carbocycles. The Bertz CT molecular complexity index is 1140. The minimum Gasteiger partial charge on any atom is -0.507 e. The lowest BCUT2D eigenvalue weighted by atomic mass is 9.95. The highest BCUT2D eigenvalue weighted by molar-refractivity contribution is 6.46. The summed E-state index contributed by atoms with van der Waals surface area (Å²) in [5, 5.41) is 22.5. The summed E-state index contributed by atoms with van der Waals surface area (Å²) in [6.07, 6.45) is 17.0. The Labute approximate surface area is 238 Å². The van der Waals surface area contributed by atoms with Gasteiger partial charge in [0.25, 0.3) is 17.4 Å². The van der Waals surface area contributed by atoms with Crippen LogP contribution in [-0.2, 0) is 9.59 Å². The van der Waals surface area contributed by atoms with Crippen LogP contribution in [0.1, 0.15) is 114 Å². The van der Waals surface area contributed by atoms with Crippen molar-refractivity contribution in [2.24, 2.45) is 0 Å². The fourth-order valence-corrected chi connectivity index (χ4v) is 5.49. The standard InChI is InChI=1S/C33H44N2O5/c1-2-3-4-5-6-7-8-9-10-11-12-13-14-18-24-34-30(27-22-19-23-28(25-27)35(39)40)29(32(37)33(34)38)31(36)26-20-16-15-17-21-26/h15-17,19-23,25,30,36H,2-14,18,24H2,1H3. The second-order valence-corrected chi connectivity index (χ2v) is 10.8. The number of nitrogens with zero attached hydrogens (tertiary/aromatic N) is 2. The van der Waals surface area contributed by atoms with Gasteiger partial charge in [0.05, 0.1) is 16.5 Å². The smallest absolute Gasteiger partial charge is 0.295 e. The van der Waals surface area contributed by atoms with Crippen LogP contribution in [0.2, 0.25) is 0 Å². The zero-order chi connectivity index (χ0) is 28.7. The highest BCUT2D eigenvalue weighted by Crippen LogP contribution is 2.40. The number of hydrogen-bond acceptors (Lipinski definition) is 5. The van der Waals surface area contributed by atoms with E-state index in [2.05, 4.69) is 6.92 Å². The van der Waals surface area contributed by atoms with Gasteiger partial charge >= 0.3 is 0 Å². The van der Waals surface area contributed by atoms with Crippen molar-refractivity contribution in [3.05, 3.63) is 81.4 Å². The molecule has 2 aromatic rings. The molecule has 0 aromatic heterocycles. The number of nitro benzene ring substituents is 1. The molecule has 2 aromatic carbocycles. The lowest BCUT2D eigenvalue weighted by Crippen LogP contribution is -2.30. The van der Waals surface area contributed by atoms with Crippen molar-refractivity contribution in [2.45, 2.75) is 103 Å². The van der Waals surface area contributed by atoms with Gasteiger partial charge in [-0.1, -0.05) is 133 Å². The van der Waals surface area contributed by atoms with Gasteiger partial charge in [-0.25, -0.2) is 0 Å². The zero-order valence-corrected chi connectivity index (χ0v) is 23.9. The minimum atomic E-state index is -0.873. The Hall–Kier alpha value is -3.48. The number of Topliss-reactive ketones (excluding diaryl/α,β-unsaturated/α-hetero) is 1. The molecule has 1 saturated heterocycles. The van der Waals surface area contributed by atoms with Crippen molar-refractivity contribution in [1.29, 1.82) is 0 Å². The van der Waals surface area contributed by atoms with E-state index in [0.717, 1.165) is 25.7 Å². The van der Waals surface area contributed by atoms with Crippen LogP contribution >= 0.6 is 0 Å². The first-order valence-corrected chi connectivity index (χ1v) is 15.0. The van der Waals surface area contributed by atoms with Gasteiger partial charge in [0.2, 0.25) is 0 Å². The SMILES string of the molecule is CCCCCCCCCCCCCCCCN1C(=O)C(=O)C(=C(O)c2ccccc2)C1c1cccc([N+](=O)[O-])c1. The van der Waals surface area contributed by atoms with Crippen LogP contribution in [0.15, 0.2) is 60.2 Å². The summed E-state index contributed by atoms with van der Waals surface area (Å²) in [5.41, 5.74) is 0.713. The van der Waals surface area contributed by atoms with Crippen LogP contribution in [-0.4, -0.2) is 33.2 Å². The Kier molecular flexibility index (Phi) is 12.9. The first-order chi connectivity index (χ1) is 19.5. The molecule has 1 aliphatic heterocycles. The number of amides is 1. The second kappa shape index (κ2) is 16.6. The quantitative estimate of drug-likeness (QED) is 0.0502. The van der Waals surface area contributed by atoms with E-state index in [1.807, 2.05) is 0 Å². The van der Waals surface area contributed by atoms with E-state index in [1.165, 1.54) is 81.2 Å². The molecule has 1 amide bonds. The fraction of sp³-hybridized carbons (Fsp3) is 0.515. The third-order valence-corrected chi connectivity index (χ3v) is 7.74. The normalized spacial score (nSPS) is 16.5. The molecule has 1 fully saturated rings. The maximum absolute atomic E-state index is 13.1. The summed E-state index contributed by atoms with van der Waals surface area (Å²) in [4.78, 5) is 38.7. The second-order valence-electron chi connectivity index (χ2n) is 10.8. The summed E-state index contributed by atoms with van der Waals surface area (Å²) in [5.74, 6) is -1.70. The first kappa shape index (κ1) is 31.1. The Morgan fingerprint density at radius 3 is 1.90 bits per heavy atom. The van der Waals surface area contributed by atoms with Gasteiger partial charge in [0, 0.05) is 24.2 Å². The monoisotopic (exact) mass is 548 g/mol. The maximum Gasteiger partial charge on any atom is 0.295 e. The molecular formula is C33H44N2O5. The molecular weight excluding hydrogens is 504 g/mol. The van der Waals surface area contributed by atoms with Gasteiger partial charge in [-0.2, -0.15) is 0 Å². The summed E-state index contributed by atoms with van der Waals surface area (Å²) in [6.45, 7) is 2.59. The van der Waals surface area contributed by atoms with Crippen LogP contribution < -0.4 is 0 Å². The summed E-state index contributed by atoms with van der Waals surface area (Å²) >= 11 is 0. The minimum absolute atomic E-state index is 0.0259. The number of aliphatic hydroxyl groups excluding tert-OH is 1. The third kappa shape index (κ3) is 8.77. The van der Waals surface area contributed by atoms with Crippen molar-refractivity contribution in [2.75, 3.05) is 6.54 Å². The number of non-ortho nitro benzene ring substituents is 1. The Balaban J connectivity index is 1.57. The first-order valence-electron chi connectivity index (χ1n) is 15.0. The summed E-state index contributed by atoms with van der Waals surface area (Å²) < 4.78 is 0. The largest absolute Gasteiger partial charge is 0.507 e. The topological polar surface area (TPSA) is 101 Å². The maximum atomic E-state index is 13.1. The van der Waals surface area contributed by atoms with E-state index >= 15 is 0 Å². The molecule has 1 unspecified atom stereocenters. The van der Waals surface area contributed by atoms with E-state index in [0.29, 0.717) is 17.7 Å². The third-order valence-electron chi connectivity index (χ3n) is 7.74. The Morgan fingerprint density at radius 1 is 0.800 bits per heavy atom. The predicted molar refractivity (Wildman–Crippen MR) is 159 cm³/mol. The molecule has 7 nitrogen and oxygen atoms in total. The van der Waals surface area contributed by atoms with Crippen LogP contribution in [0.5, 0.6) is 0 Å². The number of carbonyl (C=O) groups excluding carboxylic acids is 2. The van der Waals surface area contributed by atoms with E-state index in [4.69, 9.17) is 0 Å². The van der Waals surface area contributed by atoms with Crippen LogP contribution in [0.4, 0.5) is 5.69 Å². The number of aliphatic hydroxyl groups is 1. The predicted octanol–water partition coefficient (Wildman–Crippen LogP) is 8.50. The van der Waals surface area contributed by atoms with Gasteiger partial charge in [-0.3, -0.25) is 19.7 Å². The van der Waals surface area contributed by atoms with Gasteiger partial charge in [0.1, 0.15) is 5.76 Å². The van der Waals surface area contributed by atoms with Gasteiger partial charge in [-0.05, 0) is 12.0 Å². The molecule has 1 N–H and O–H groups in total. The molecule has 0 radical (unpaired) electrons. The lowest BCUT2D eigenvalue weighted by Gasteiger charge is -2.25. The number of hydrogen-bond donors (Lipinski definition) is 1. The van der Waals surface area contributed by atoms with Gasteiger partial charge in [0.15, 0.2) is 0 Å². The van der Waals surface area contributed by atoms with E-state index in [1.54, 1.807) is 42.5 Å². The highest BCUT2D eigenvalue weighted by atomic mass is 16.6. The fourth-order valence-electron chi connectivity index (χ4n) is 5.49. The molecule has 7 heteroatoms. The van der Waals surface area contributed by atoms with Crippen molar-refractivity contribution in [3.8, 4) is 0 Å². The number of ketones is 1. The van der Waals surface area contributed by atoms with Crippen LogP contribution in [0, 0.1) is 10.1 Å². The summed E-state index contributed by atoms with van der Waals surface area (Å²) in [7, 11) is 0. The van der Waals surface area contributed by atoms with Crippen LogP contribution in [0.25, 0.3) is 5.76 Å². The van der Waals surface area contributed by atoms with Crippen LogP contribution in [0.3, 0.4) is 0 Å². The average molecular weight is 549 g/mol. The lowest BCUT2D eigenvalue weighted by molar-refractivity contribution is -0.384. The molecule has 0 bridgehead atoms. The number of rotatable bonds is 18. The number of benzene rings is 2. The molecule has 3 rings (SSSR count). The average Bonchev–Trinajstić information content (AvgIpc) is 3.22. The molecule has 216 valence electrons. The van der Waals surface area contributed by atoms with E-state index in [9.17, 15) is 24.8 Å². The molecule has 1 aliphatic rings. The number of nitro groups is 1.